The molecule has 4 unspecified atom stereocenters. The van der Waals surface area contributed by atoms with Crippen molar-refractivity contribution in [2.24, 2.45) is 0 Å². The lowest BCUT2D eigenvalue weighted by molar-refractivity contribution is -0.246. The summed E-state index contributed by atoms with van der Waals surface area (Å²) in [6, 6.07) is 14.3. The molecule has 1 amide bonds. The van der Waals surface area contributed by atoms with Gasteiger partial charge in [0.25, 0.3) is 11.7 Å². The fraction of sp³-hybridized carbons (Fsp3) is 0.280. The summed E-state index contributed by atoms with van der Waals surface area (Å²) < 4.78 is 16.3. The van der Waals surface area contributed by atoms with Crippen molar-refractivity contribution in [2.75, 3.05) is 0 Å². The van der Waals surface area contributed by atoms with E-state index in [0.29, 0.717) is 22.3 Å². The van der Waals surface area contributed by atoms with Crippen molar-refractivity contribution >= 4 is 35.0 Å². The molecule has 2 N–H and O–H groups in total. The number of carbonyl (C=O) groups is 4. The maximum atomic E-state index is 13.0. The number of nitrogens with one attached hydrogen (secondary N) is 1. The summed E-state index contributed by atoms with van der Waals surface area (Å²) in [6.07, 6.45) is -3.07. The van der Waals surface area contributed by atoms with Crippen LogP contribution in [0.3, 0.4) is 0 Å². The number of rotatable bonds is 4. The molecule has 0 fully saturated rings. The lowest BCUT2D eigenvalue weighted by Gasteiger charge is -2.49. The van der Waals surface area contributed by atoms with Crippen molar-refractivity contribution in [3.05, 3.63) is 71.3 Å². The Morgan fingerprint density at radius 2 is 1.44 bits per heavy atom. The van der Waals surface area contributed by atoms with Crippen molar-refractivity contribution in [3.63, 3.8) is 0 Å². The predicted octanol–water partition coefficient (Wildman–Crippen LogP) is 1.84. The summed E-state index contributed by atoms with van der Waals surface area (Å²) in [5.74, 6) is -5.40. The van der Waals surface area contributed by atoms with E-state index in [0.717, 1.165) is 20.8 Å². The van der Waals surface area contributed by atoms with Crippen molar-refractivity contribution in [2.45, 2.75) is 44.8 Å². The summed E-state index contributed by atoms with van der Waals surface area (Å²) in [4.78, 5) is 49.3. The third-order valence-corrected chi connectivity index (χ3v) is 5.66. The maximum absolute atomic E-state index is 13.0. The molecule has 0 aromatic heterocycles. The van der Waals surface area contributed by atoms with Gasteiger partial charge in [-0.1, -0.05) is 48.5 Å². The minimum absolute atomic E-state index is 0.107. The Morgan fingerprint density at radius 3 is 2.03 bits per heavy atom. The number of carbonyl (C=O) groups excluding carboxylic acids is 4. The first-order valence-corrected chi connectivity index (χ1v) is 10.6. The van der Waals surface area contributed by atoms with E-state index in [2.05, 4.69) is 5.32 Å². The zero-order valence-corrected chi connectivity index (χ0v) is 18.7. The largest absolute Gasteiger partial charge is 0.456 e. The van der Waals surface area contributed by atoms with Crippen molar-refractivity contribution in [1.29, 1.82) is 0 Å². The lowest BCUT2D eigenvalue weighted by atomic mass is 9.71. The van der Waals surface area contributed by atoms with Gasteiger partial charge in [0.15, 0.2) is 6.10 Å². The monoisotopic (exact) mass is 465 g/mol. The van der Waals surface area contributed by atoms with Crippen LogP contribution in [0.15, 0.2) is 54.6 Å². The molecule has 4 atom stereocenters. The molecule has 2 aromatic carbocycles. The molecule has 0 saturated carbocycles. The molecule has 0 saturated heterocycles. The van der Waals surface area contributed by atoms with E-state index in [1.54, 1.807) is 54.6 Å². The first-order valence-electron chi connectivity index (χ1n) is 10.6. The average Bonchev–Trinajstić information content (AvgIpc) is 2.77. The number of hydrogen-bond acceptors (Lipinski definition) is 8. The van der Waals surface area contributed by atoms with E-state index in [1.807, 2.05) is 0 Å². The smallest absolute Gasteiger partial charge is 0.305 e. The van der Waals surface area contributed by atoms with E-state index >= 15 is 0 Å². The SMILES string of the molecule is CC(=O)OC1C2NC(=O)c3ccccc3C2=C(c2ccccc2)C(O)(OC(C)=O)C1OC(C)=O. The molecule has 2 aromatic rings. The molecule has 9 heteroatoms. The van der Waals surface area contributed by atoms with Gasteiger partial charge in [0.2, 0.25) is 6.10 Å². The van der Waals surface area contributed by atoms with Gasteiger partial charge < -0.3 is 24.6 Å². The summed E-state index contributed by atoms with van der Waals surface area (Å²) in [6.45, 7) is 3.35. The second kappa shape index (κ2) is 8.75. The molecule has 2 aliphatic rings. The summed E-state index contributed by atoms with van der Waals surface area (Å²) in [7, 11) is 0. The van der Waals surface area contributed by atoms with Crippen LogP contribution in [0.5, 0.6) is 0 Å². The first kappa shape index (κ1) is 23.2. The van der Waals surface area contributed by atoms with Crippen molar-refractivity contribution in [3.8, 4) is 0 Å². The Labute approximate surface area is 195 Å². The Hall–Kier alpha value is -3.98. The van der Waals surface area contributed by atoms with Crippen LogP contribution in [0.1, 0.15) is 42.3 Å². The zero-order chi connectivity index (χ0) is 24.6. The molecule has 176 valence electrons. The van der Waals surface area contributed by atoms with Crippen LogP contribution < -0.4 is 5.32 Å². The highest BCUT2D eigenvalue weighted by Gasteiger charge is 2.61. The van der Waals surface area contributed by atoms with Gasteiger partial charge in [-0.3, -0.25) is 19.2 Å². The summed E-state index contributed by atoms with van der Waals surface area (Å²) in [5, 5.41) is 14.8. The molecule has 34 heavy (non-hydrogen) atoms. The van der Waals surface area contributed by atoms with Crippen LogP contribution >= 0.6 is 0 Å². The van der Waals surface area contributed by atoms with Crippen molar-refractivity contribution < 1.29 is 38.5 Å². The Bertz CT molecular complexity index is 1200. The van der Waals surface area contributed by atoms with Crippen LogP contribution in [0.2, 0.25) is 0 Å². The predicted molar refractivity (Wildman–Crippen MR) is 119 cm³/mol. The van der Waals surface area contributed by atoms with Gasteiger partial charge in [-0.05, 0) is 22.8 Å². The number of esters is 3. The van der Waals surface area contributed by atoms with Gasteiger partial charge in [0.05, 0.1) is 6.04 Å². The third kappa shape index (κ3) is 3.94. The maximum Gasteiger partial charge on any atom is 0.305 e. The van der Waals surface area contributed by atoms with E-state index < -0.39 is 47.9 Å². The van der Waals surface area contributed by atoms with E-state index in [-0.39, 0.29) is 5.57 Å². The standard InChI is InChI=1S/C25H23NO8/c1-13(27)32-22-21-19(17-11-7-8-12-18(17)24(30)26-21)20(16-9-5-4-6-10-16)25(31,34-15(3)29)23(22)33-14(2)28/h4-12,21-23,31H,1-3H3,(H,26,30). The Morgan fingerprint density at radius 1 is 0.853 bits per heavy atom. The number of hydrogen-bond donors (Lipinski definition) is 2. The zero-order valence-electron chi connectivity index (χ0n) is 18.7. The molecule has 0 radical (unpaired) electrons. The molecule has 4 rings (SSSR count). The number of aliphatic hydroxyl groups is 1. The van der Waals surface area contributed by atoms with Crippen LogP contribution in [0, 0.1) is 0 Å². The molecule has 1 aliphatic heterocycles. The first-order chi connectivity index (χ1) is 16.1. The molecule has 1 heterocycles. The average molecular weight is 465 g/mol. The summed E-state index contributed by atoms with van der Waals surface area (Å²) in [5.41, 5.74) is 1.71. The lowest BCUT2D eigenvalue weighted by Crippen LogP contribution is -2.66. The fourth-order valence-corrected chi connectivity index (χ4v) is 4.59. The molecule has 1 aliphatic carbocycles. The summed E-state index contributed by atoms with van der Waals surface area (Å²) >= 11 is 0. The second-order valence-electron chi connectivity index (χ2n) is 8.05. The van der Waals surface area contributed by atoms with Crippen molar-refractivity contribution in [1.82, 2.24) is 5.32 Å². The molecule has 0 bridgehead atoms. The van der Waals surface area contributed by atoms with Gasteiger partial charge in [-0.25, -0.2) is 0 Å². The molecular formula is C25H23NO8. The van der Waals surface area contributed by atoms with E-state index in [9.17, 15) is 24.3 Å². The molecular weight excluding hydrogens is 442 g/mol. The van der Waals surface area contributed by atoms with Gasteiger partial charge in [0.1, 0.15) is 0 Å². The van der Waals surface area contributed by atoms with Gasteiger partial charge in [-0.15, -0.1) is 0 Å². The molecule has 9 nitrogen and oxygen atoms in total. The van der Waals surface area contributed by atoms with E-state index in [1.165, 1.54) is 0 Å². The van der Waals surface area contributed by atoms with Crippen LogP contribution in [-0.4, -0.2) is 53.0 Å². The highest BCUT2D eigenvalue weighted by molar-refractivity contribution is 6.10. The van der Waals surface area contributed by atoms with Crippen LogP contribution in [0.25, 0.3) is 11.1 Å². The minimum Gasteiger partial charge on any atom is -0.456 e. The van der Waals surface area contributed by atoms with Crippen LogP contribution in [-0.2, 0) is 28.6 Å². The highest BCUT2D eigenvalue weighted by atomic mass is 16.7. The van der Waals surface area contributed by atoms with Gasteiger partial charge in [-0.2, -0.15) is 0 Å². The molecule has 0 spiro atoms. The minimum atomic E-state index is -2.54. The topological polar surface area (TPSA) is 128 Å². The second-order valence-corrected chi connectivity index (χ2v) is 8.05. The van der Waals surface area contributed by atoms with Gasteiger partial charge in [0, 0.05) is 31.9 Å². The number of ether oxygens (including phenoxy) is 3. The van der Waals surface area contributed by atoms with Gasteiger partial charge >= 0.3 is 17.9 Å². The number of amides is 1. The Balaban J connectivity index is 2.13. The van der Waals surface area contributed by atoms with Crippen LogP contribution in [0.4, 0.5) is 0 Å². The quantitative estimate of drug-likeness (QED) is 0.398. The number of benzene rings is 2. The third-order valence-electron chi connectivity index (χ3n) is 5.66. The normalized spacial score (nSPS) is 25.4. The fourth-order valence-electron chi connectivity index (χ4n) is 4.59. The van der Waals surface area contributed by atoms with E-state index in [4.69, 9.17) is 14.2 Å². The highest BCUT2D eigenvalue weighted by Crippen LogP contribution is 2.49. The number of fused-ring (bicyclic) bond motifs is 3. The Kier molecular flexibility index (Phi) is 5.97.